The van der Waals surface area contributed by atoms with E-state index in [0.717, 1.165) is 84.7 Å². The summed E-state index contributed by atoms with van der Waals surface area (Å²) in [5, 5.41) is 59.3. The number of benzene rings is 7. The van der Waals surface area contributed by atoms with Gasteiger partial charge in [-0.05, 0) is 221 Å². The molecule has 2 saturated heterocycles. The van der Waals surface area contributed by atoms with E-state index in [2.05, 4.69) is 92.9 Å². The number of aliphatic hydroxyl groups excluding tert-OH is 1. The van der Waals surface area contributed by atoms with E-state index in [0.29, 0.717) is 44.1 Å². The van der Waals surface area contributed by atoms with E-state index in [4.69, 9.17) is 69.1 Å². The number of carbonyl (C=O) groups is 2. The van der Waals surface area contributed by atoms with Gasteiger partial charge in [0, 0.05) is 49.3 Å². The Balaban J connectivity index is -0.000000284. The normalized spacial score (nSPS) is 11.1. The van der Waals surface area contributed by atoms with Crippen LogP contribution in [0.2, 0.25) is 0 Å². The van der Waals surface area contributed by atoms with Gasteiger partial charge < -0.3 is 64.2 Å². The third kappa shape index (κ3) is 47.1. The number of aromatic carboxylic acids is 2. The summed E-state index contributed by atoms with van der Waals surface area (Å²) in [6, 6.07) is 43.6. The number of halogens is 2. The molecule has 7 aromatic carbocycles. The molecule has 107 heavy (non-hydrogen) atoms. The third-order valence-electron chi connectivity index (χ3n) is 14.1. The van der Waals surface area contributed by atoms with Crippen molar-refractivity contribution in [2.75, 3.05) is 71.1 Å². The fourth-order valence-corrected chi connectivity index (χ4v) is 9.34. The fourth-order valence-electron chi connectivity index (χ4n) is 9.34. The zero-order chi connectivity index (χ0) is 76.4. The molecule has 0 atom stereocenters. The number of hydrogen-bond donors (Lipinski definition) is 8. The number of nitrogen functional groups attached to an aromatic ring is 2. The summed E-state index contributed by atoms with van der Waals surface area (Å²) in [5.74, 6) is 0.160. The number of nitrogens with two attached hydrogens (primary N) is 2. The Morgan fingerprint density at radius 1 is 0.561 bits per heavy atom. The Morgan fingerprint density at radius 3 is 1.27 bits per heavy atom. The van der Waals surface area contributed by atoms with Crippen molar-refractivity contribution in [2.45, 2.75) is 124 Å². The molecule has 2 fully saturated rings. The molecule has 8 aromatic rings. The number of anilines is 2. The third-order valence-corrected chi connectivity index (χ3v) is 14.1. The molecule has 2 aliphatic heterocycles. The van der Waals surface area contributed by atoms with Gasteiger partial charge in [0.25, 0.3) is 22.0 Å². The predicted octanol–water partition coefficient (Wildman–Crippen LogP) is 15.9. The molecule has 2 aliphatic rings. The molecule has 0 aliphatic carbocycles. The van der Waals surface area contributed by atoms with Crippen molar-refractivity contribution in [3.8, 4) is 17.2 Å². The molecular formula is C74H110I2N9O20SV-. The van der Waals surface area contributed by atoms with Crippen molar-refractivity contribution in [1.29, 1.82) is 0 Å². The number of ether oxygens (including phenoxy) is 2. The molecular weight excluding hydrogens is 1670 g/mol. The van der Waals surface area contributed by atoms with Crippen molar-refractivity contribution in [3.63, 3.8) is 0 Å². The first-order valence-electron chi connectivity index (χ1n) is 31.0. The SMILES string of the molecule is C.C.C.C.CO.Cc1ccc(C(=O)O)c(N)c1.Cc1ccc(C(=O)O)c([N+](=O)[O-])c1.Cc1ccc(C)c([N+](=O)[O-])c1.Cc1ccc(C)cc1.Cc1ccc2c(=O)n(-c3ccc(OCCCN4CCCC4)cc3)c(C)nc2c1.Nc1ccc(OCCCN2CCCC2)cc1.O.O=S(=O)(O)O.O=[N+]([O-])O.[CH3-].[I][V][I]. The van der Waals surface area contributed by atoms with Gasteiger partial charge in [0.05, 0.1) is 45.2 Å². The van der Waals surface area contributed by atoms with Crippen LogP contribution in [0.15, 0.2) is 150 Å². The Hall–Kier alpha value is -8.43. The zero-order valence-corrected chi connectivity index (χ0v) is 65.7. The van der Waals surface area contributed by atoms with Crippen LogP contribution in [0.3, 0.4) is 0 Å². The number of nitro benzene ring substituents is 2. The molecule has 29 nitrogen and oxygen atoms in total. The van der Waals surface area contributed by atoms with Gasteiger partial charge in [0.1, 0.15) is 22.9 Å². The van der Waals surface area contributed by atoms with Crippen LogP contribution in [0.4, 0.5) is 22.7 Å². The molecule has 0 amide bonds. The average molecular weight is 1780 g/mol. The summed E-state index contributed by atoms with van der Waals surface area (Å²) in [4.78, 5) is 71.7. The van der Waals surface area contributed by atoms with Crippen LogP contribution in [-0.4, -0.2) is 149 Å². The molecule has 0 unspecified atom stereocenters. The summed E-state index contributed by atoms with van der Waals surface area (Å²) in [6.45, 7) is 23.9. The number of likely N-dealkylation sites (tertiary alicyclic amines) is 2. The predicted molar refractivity (Wildman–Crippen MR) is 441 cm³/mol. The number of hydrogen-bond acceptors (Lipinski definition) is 19. The van der Waals surface area contributed by atoms with E-state index >= 15 is 0 Å². The van der Waals surface area contributed by atoms with Gasteiger partial charge in [0.15, 0.2) is 0 Å². The number of rotatable bonds is 15. The minimum atomic E-state index is -4.67. The van der Waals surface area contributed by atoms with E-state index in [1.54, 1.807) is 42.7 Å². The van der Waals surface area contributed by atoms with Crippen molar-refractivity contribution in [1.82, 2.24) is 19.4 Å². The molecule has 0 spiro atoms. The van der Waals surface area contributed by atoms with Crippen LogP contribution in [-0.2, 0) is 19.9 Å². The summed E-state index contributed by atoms with van der Waals surface area (Å²) in [6.07, 6.45) is 7.50. The molecule has 0 radical (unpaired) electrons. The topological polar surface area (TPSA) is 462 Å². The second kappa shape index (κ2) is 59.6. The summed E-state index contributed by atoms with van der Waals surface area (Å²) >= 11 is 4.74. The van der Waals surface area contributed by atoms with E-state index in [-0.39, 0.29) is 75.6 Å². The van der Waals surface area contributed by atoms with Crippen LogP contribution in [0.1, 0.15) is 134 Å². The van der Waals surface area contributed by atoms with E-state index < -0.39 is 32.3 Å². The number of fused-ring (bicyclic) bond motifs is 1. The quantitative estimate of drug-likeness (QED) is 0.00898. The fraction of sp³-hybridized carbons (Fsp3) is 0.365. The number of nitro groups is 2. The Kier molecular flexibility index (Phi) is 61.0. The number of nitrogens with zero attached hydrogens (tertiary/aromatic N) is 7. The monoisotopic (exact) mass is 1780 g/mol. The maximum atomic E-state index is 13.0. The molecule has 1 aromatic heterocycles. The number of aromatic nitrogens is 2. The van der Waals surface area contributed by atoms with E-state index in [9.17, 15) is 34.6 Å². The Morgan fingerprint density at radius 2 is 0.897 bits per heavy atom. The molecule has 12 N–H and O–H groups in total. The van der Waals surface area contributed by atoms with E-state index in [1.165, 1.54) is 87.3 Å². The van der Waals surface area contributed by atoms with Gasteiger partial charge in [-0.3, -0.25) is 38.7 Å². The van der Waals surface area contributed by atoms with E-state index in [1.807, 2.05) is 100 Å². The van der Waals surface area contributed by atoms with Crippen LogP contribution >= 0.6 is 40.0 Å². The number of aryl methyl sites for hydroxylation is 8. The van der Waals surface area contributed by atoms with Crippen LogP contribution in [0.25, 0.3) is 16.6 Å². The van der Waals surface area contributed by atoms with Crippen LogP contribution in [0, 0.1) is 93.2 Å². The molecule has 33 heteroatoms. The minimum absolute atomic E-state index is 0. The second-order valence-electron chi connectivity index (χ2n) is 22.3. The average Bonchev–Trinajstić information content (AvgIpc) is 1.59. The van der Waals surface area contributed by atoms with Crippen molar-refractivity contribution >= 4 is 95.9 Å². The van der Waals surface area contributed by atoms with Gasteiger partial charge in [-0.2, -0.15) is 8.42 Å². The molecule has 10 rings (SSSR count). The molecule has 0 saturated carbocycles. The molecule has 3 heterocycles. The first-order chi connectivity index (χ1) is 47.6. The first kappa shape index (κ1) is 110. The van der Waals surface area contributed by atoms with Gasteiger partial charge >= 0.3 is 71.8 Å². The Labute approximate surface area is 658 Å². The number of aliphatic hydroxyl groups is 1. The summed E-state index contributed by atoms with van der Waals surface area (Å²) in [7, 11) is -3.04. The van der Waals surface area contributed by atoms with Gasteiger partial charge in [-0.25, -0.2) is 14.6 Å². The molecule has 597 valence electrons. The number of carboxylic acids is 2. The molecule has 0 bridgehead atoms. The zero-order valence-electron chi connectivity index (χ0n) is 59.1. The standard InChI is InChI=1S/C23H27N3O2.C13H20N2O.C8H7NO4.2C8H9NO2.C8H10.CH4O.4CH4.CH3.2HI.HNO3.H2O4S.H2O.V/c1-17-6-11-21-22(16-17)24-18(2)26(23(21)27)19-7-9-20(10-8-19)28-15-5-14-25-12-3-4-13-25;14-12-4-6-13(7-5-12)16-11-3-10-15-8-1-2-9-15;1-5-2-3-6(8(10)11)7(4-5)9(12)13;1-6-3-4-7(2)8(5-6)9(10)11;1-5-2-3-6(8(10)11)7(9)4-5;1-7-3-5-8(2)6-4-7;1-2;;;;;;;;2-1(3)4;1-5(2,3)4;;/h6-11,16H,3-5,12-15H2,1-2H3;4-7H,1-3,8-11,14H2;2-4H,1H3,(H,10,11);3-5H,1-2H3;2-4H,9H2,1H3,(H,10,11);3-6H,1-2H3;2H,1H3;4*1H4;1H3;2*1H;(H,2,3,4);(H2,1,2,3,4);1H2;/q;;;;;;;;;;;-1;;;;;;+2/p-2. The van der Waals surface area contributed by atoms with Crippen molar-refractivity contribution in [2.24, 2.45) is 0 Å². The summed E-state index contributed by atoms with van der Waals surface area (Å²) in [5.41, 5.74) is 20.4. The second-order valence-corrected chi connectivity index (χ2v) is 35.0. The van der Waals surface area contributed by atoms with Crippen molar-refractivity contribution in [3.05, 3.63) is 250 Å². The van der Waals surface area contributed by atoms with Gasteiger partial charge in [0.2, 0.25) is 0 Å². The van der Waals surface area contributed by atoms with Gasteiger partial charge in [-0.1, -0.05) is 95.4 Å². The van der Waals surface area contributed by atoms with Crippen LogP contribution < -0.4 is 26.5 Å². The van der Waals surface area contributed by atoms with Gasteiger partial charge in [-0.15, -0.1) is 10.1 Å². The number of carboxylic acid groups (broad SMARTS) is 2. The summed E-state index contributed by atoms with van der Waals surface area (Å²) < 4.78 is 44.8. The first-order valence-corrected chi connectivity index (χ1v) is 41.4. The Bertz CT molecular complexity index is 4010. The van der Waals surface area contributed by atoms with Crippen molar-refractivity contribution < 1.29 is 87.0 Å². The maximum absolute atomic E-state index is 13.0. The van der Waals surface area contributed by atoms with Crippen LogP contribution in [0.5, 0.6) is 11.5 Å².